The lowest BCUT2D eigenvalue weighted by Gasteiger charge is -2.04. The van der Waals surface area contributed by atoms with Crippen LogP contribution in [0.2, 0.25) is 0 Å². The van der Waals surface area contributed by atoms with Crippen molar-refractivity contribution in [1.82, 2.24) is 0 Å². The number of nitrogens with zero attached hydrogens (tertiary/aromatic N) is 1. The van der Waals surface area contributed by atoms with Gasteiger partial charge in [-0.2, -0.15) is 0 Å². The zero-order valence-electron chi connectivity index (χ0n) is 8.09. The van der Waals surface area contributed by atoms with E-state index in [0.717, 1.165) is 12.8 Å². The van der Waals surface area contributed by atoms with E-state index < -0.39 is 0 Å². The van der Waals surface area contributed by atoms with E-state index in [-0.39, 0.29) is 5.96 Å². The fraction of sp³-hybridized carbons (Fsp3) is 0.875. The second kappa shape index (κ2) is 9.27. The van der Waals surface area contributed by atoms with Crippen LogP contribution in [0.15, 0.2) is 4.99 Å². The fourth-order valence-electron chi connectivity index (χ4n) is 0.682. The summed E-state index contributed by atoms with van der Waals surface area (Å²) in [6, 6.07) is 0.315. The van der Waals surface area contributed by atoms with E-state index >= 15 is 0 Å². The van der Waals surface area contributed by atoms with Gasteiger partial charge in [-0.3, -0.25) is 4.99 Å². The van der Waals surface area contributed by atoms with Crippen LogP contribution in [0, 0.1) is 0 Å². The summed E-state index contributed by atoms with van der Waals surface area (Å²) in [6.07, 6.45) is 2.02. The van der Waals surface area contributed by atoms with E-state index in [1.165, 1.54) is 0 Å². The summed E-state index contributed by atoms with van der Waals surface area (Å²) in [5.41, 5.74) is 10.3. The molecule has 68 valence electrons. The lowest BCUT2D eigenvalue weighted by atomic mass is 10.2. The third kappa shape index (κ3) is 9.27. The Bertz CT molecular complexity index is 91.5. The van der Waals surface area contributed by atoms with Gasteiger partial charge in [-0.1, -0.05) is 27.7 Å². The van der Waals surface area contributed by atoms with Crippen LogP contribution in [0.5, 0.6) is 0 Å². The molecular formula is C8H21N3. The van der Waals surface area contributed by atoms with Gasteiger partial charge in [0.2, 0.25) is 0 Å². The SMILES string of the molecule is CC.CCC(CC)N=C(N)N. The largest absolute Gasteiger partial charge is 0.370 e. The molecule has 0 heterocycles. The molecule has 0 spiro atoms. The standard InChI is InChI=1S/C6H15N3.C2H6/c1-3-5(4-2)9-6(7)8;1-2/h5H,3-4H2,1-2H3,(H4,7,8,9);1-2H3. The van der Waals surface area contributed by atoms with Crippen molar-refractivity contribution in [1.29, 1.82) is 0 Å². The molecule has 0 unspecified atom stereocenters. The summed E-state index contributed by atoms with van der Waals surface area (Å²) in [4.78, 5) is 3.99. The van der Waals surface area contributed by atoms with Crippen LogP contribution in [0.1, 0.15) is 40.5 Å². The molecule has 0 aromatic rings. The van der Waals surface area contributed by atoms with Crippen molar-refractivity contribution >= 4 is 5.96 Å². The molecule has 11 heavy (non-hydrogen) atoms. The predicted molar refractivity (Wildman–Crippen MR) is 51.5 cm³/mol. The van der Waals surface area contributed by atoms with E-state index in [2.05, 4.69) is 18.8 Å². The molecule has 4 N–H and O–H groups in total. The minimum Gasteiger partial charge on any atom is -0.370 e. The average Bonchev–Trinajstić information content (AvgIpc) is 2.03. The molecule has 0 aromatic carbocycles. The summed E-state index contributed by atoms with van der Waals surface area (Å²) in [5.74, 6) is 0.198. The molecule has 0 radical (unpaired) electrons. The third-order valence-corrected chi connectivity index (χ3v) is 1.27. The van der Waals surface area contributed by atoms with Crippen molar-refractivity contribution in [3.05, 3.63) is 0 Å². The zero-order chi connectivity index (χ0) is 9.28. The molecule has 0 saturated heterocycles. The minimum atomic E-state index is 0.198. The first-order valence-electron chi connectivity index (χ1n) is 4.29. The monoisotopic (exact) mass is 159 g/mol. The third-order valence-electron chi connectivity index (χ3n) is 1.27. The Labute approximate surface area is 69.9 Å². The van der Waals surface area contributed by atoms with E-state index in [9.17, 15) is 0 Å². The van der Waals surface area contributed by atoms with Gasteiger partial charge in [-0.05, 0) is 12.8 Å². The topological polar surface area (TPSA) is 64.4 Å². The van der Waals surface area contributed by atoms with Gasteiger partial charge in [-0.15, -0.1) is 0 Å². The van der Waals surface area contributed by atoms with Crippen molar-refractivity contribution < 1.29 is 0 Å². The first-order chi connectivity index (χ1) is 5.20. The van der Waals surface area contributed by atoms with E-state index in [1.54, 1.807) is 0 Å². The van der Waals surface area contributed by atoms with Crippen LogP contribution in [0.4, 0.5) is 0 Å². The number of hydrogen-bond donors (Lipinski definition) is 2. The first kappa shape index (κ1) is 12.9. The molecule has 0 aliphatic carbocycles. The smallest absolute Gasteiger partial charge is 0.186 e. The van der Waals surface area contributed by atoms with Gasteiger partial charge in [0.25, 0.3) is 0 Å². The highest BCUT2D eigenvalue weighted by molar-refractivity contribution is 5.75. The second-order valence-electron chi connectivity index (χ2n) is 2.02. The molecular weight excluding hydrogens is 138 g/mol. The van der Waals surface area contributed by atoms with Crippen molar-refractivity contribution in [2.45, 2.75) is 46.6 Å². The Balaban J connectivity index is 0. The van der Waals surface area contributed by atoms with Crippen LogP contribution in [-0.2, 0) is 0 Å². The molecule has 3 heteroatoms. The zero-order valence-corrected chi connectivity index (χ0v) is 8.09. The van der Waals surface area contributed by atoms with Gasteiger partial charge in [0.05, 0.1) is 6.04 Å². The molecule has 0 atom stereocenters. The molecule has 0 rings (SSSR count). The number of rotatable bonds is 3. The number of nitrogens with two attached hydrogens (primary N) is 2. The summed E-state index contributed by atoms with van der Waals surface area (Å²) < 4.78 is 0. The molecule has 3 nitrogen and oxygen atoms in total. The Morgan fingerprint density at radius 1 is 1.18 bits per heavy atom. The number of guanidine groups is 1. The first-order valence-corrected chi connectivity index (χ1v) is 4.29. The lowest BCUT2D eigenvalue weighted by molar-refractivity contribution is 0.630. The quantitative estimate of drug-likeness (QED) is 0.484. The van der Waals surface area contributed by atoms with Crippen LogP contribution in [0.25, 0.3) is 0 Å². The van der Waals surface area contributed by atoms with E-state index in [0.29, 0.717) is 6.04 Å². The normalized spacial score (nSPS) is 8.45. The predicted octanol–water partition coefficient (Wildman–Crippen LogP) is 1.47. The maximum absolute atomic E-state index is 5.17. The molecule has 0 saturated carbocycles. The lowest BCUT2D eigenvalue weighted by Crippen LogP contribution is -2.25. The van der Waals surface area contributed by atoms with Crippen LogP contribution >= 0.6 is 0 Å². The molecule has 0 aliphatic heterocycles. The Hall–Kier alpha value is -0.730. The van der Waals surface area contributed by atoms with Gasteiger partial charge in [0.15, 0.2) is 5.96 Å². The number of aliphatic imine (C=N–C) groups is 1. The highest BCUT2D eigenvalue weighted by atomic mass is 15.0. The Morgan fingerprint density at radius 2 is 1.55 bits per heavy atom. The Kier molecular flexibility index (Phi) is 10.9. The van der Waals surface area contributed by atoms with E-state index in [4.69, 9.17) is 11.5 Å². The van der Waals surface area contributed by atoms with Gasteiger partial charge in [0, 0.05) is 0 Å². The summed E-state index contributed by atoms with van der Waals surface area (Å²) in [7, 11) is 0. The van der Waals surface area contributed by atoms with Crippen LogP contribution < -0.4 is 11.5 Å². The molecule has 0 aromatic heterocycles. The van der Waals surface area contributed by atoms with Crippen molar-refractivity contribution in [2.75, 3.05) is 0 Å². The van der Waals surface area contributed by atoms with Gasteiger partial charge >= 0.3 is 0 Å². The van der Waals surface area contributed by atoms with Crippen molar-refractivity contribution in [2.24, 2.45) is 16.5 Å². The molecule has 0 bridgehead atoms. The number of hydrogen-bond acceptors (Lipinski definition) is 1. The maximum atomic E-state index is 5.17. The summed E-state index contributed by atoms with van der Waals surface area (Å²) in [6.45, 7) is 8.14. The highest BCUT2D eigenvalue weighted by Crippen LogP contribution is 2.00. The average molecular weight is 159 g/mol. The van der Waals surface area contributed by atoms with Crippen LogP contribution in [0.3, 0.4) is 0 Å². The molecule has 0 amide bonds. The van der Waals surface area contributed by atoms with Gasteiger partial charge in [0.1, 0.15) is 0 Å². The van der Waals surface area contributed by atoms with Gasteiger partial charge in [-0.25, -0.2) is 0 Å². The molecule has 0 fully saturated rings. The van der Waals surface area contributed by atoms with Crippen molar-refractivity contribution in [3.8, 4) is 0 Å². The van der Waals surface area contributed by atoms with E-state index in [1.807, 2.05) is 13.8 Å². The summed E-state index contributed by atoms with van der Waals surface area (Å²) >= 11 is 0. The highest BCUT2D eigenvalue weighted by Gasteiger charge is 1.97. The fourth-order valence-corrected chi connectivity index (χ4v) is 0.682. The van der Waals surface area contributed by atoms with Crippen molar-refractivity contribution in [3.63, 3.8) is 0 Å². The maximum Gasteiger partial charge on any atom is 0.186 e. The summed E-state index contributed by atoms with van der Waals surface area (Å²) in [5, 5.41) is 0. The van der Waals surface area contributed by atoms with Crippen LogP contribution in [-0.4, -0.2) is 12.0 Å². The molecule has 0 aliphatic rings. The Morgan fingerprint density at radius 3 is 1.64 bits per heavy atom. The second-order valence-corrected chi connectivity index (χ2v) is 2.02. The van der Waals surface area contributed by atoms with Gasteiger partial charge < -0.3 is 11.5 Å². The minimum absolute atomic E-state index is 0.198.